The van der Waals surface area contributed by atoms with E-state index in [0.29, 0.717) is 29.5 Å². The first-order valence-corrected chi connectivity index (χ1v) is 12.3. The molecule has 2 fully saturated rings. The van der Waals surface area contributed by atoms with Gasteiger partial charge in [0.2, 0.25) is 5.91 Å². The van der Waals surface area contributed by atoms with Crippen LogP contribution in [-0.2, 0) is 14.6 Å². The van der Waals surface area contributed by atoms with Gasteiger partial charge in [-0.25, -0.2) is 21.6 Å². The molecule has 168 valence electrons. The third kappa shape index (κ3) is 3.90. The summed E-state index contributed by atoms with van der Waals surface area (Å²) in [4.78, 5) is 15.3. The smallest absolute Gasteiger partial charge is 0.220 e. The van der Waals surface area contributed by atoms with E-state index >= 15 is 0 Å². The van der Waals surface area contributed by atoms with Crippen molar-refractivity contribution in [2.45, 2.75) is 31.2 Å². The lowest BCUT2D eigenvalue weighted by Gasteiger charge is -2.37. The Bertz CT molecular complexity index is 1300. The summed E-state index contributed by atoms with van der Waals surface area (Å²) in [5.74, 6) is -2.00. The van der Waals surface area contributed by atoms with Gasteiger partial charge in [-0.2, -0.15) is 0 Å². The topological polar surface area (TPSA) is 79.0 Å². The zero-order valence-corrected chi connectivity index (χ0v) is 17.8. The number of carbonyl (C=O) groups excluding carboxylic acids is 1. The average molecular weight is 462 g/mol. The fraction of sp³-hybridized carbons (Fsp3) is 0.348. The molecular formula is C23H21F3N2O3S. The molecule has 1 aromatic heterocycles. The van der Waals surface area contributed by atoms with Gasteiger partial charge >= 0.3 is 0 Å². The maximum absolute atomic E-state index is 14.4. The molecule has 32 heavy (non-hydrogen) atoms. The molecule has 3 aromatic rings. The monoisotopic (exact) mass is 462 g/mol. The molecule has 0 bridgehead atoms. The summed E-state index contributed by atoms with van der Waals surface area (Å²) in [6.07, 6.45) is 1.37. The molecule has 2 aromatic carbocycles. The number of benzene rings is 2. The number of halogens is 3. The van der Waals surface area contributed by atoms with Gasteiger partial charge in [0.1, 0.15) is 17.5 Å². The van der Waals surface area contributed by atoms with E-state index in [9.17, 15) is 26.4 Å². The SMILES string of the molecule is O=C(CC1CS(=O)(=O)C1)N[C@H]1C[C@@H](c2c(-c3ccc(F)cc3)[nH]c3c(F)cc(F)cc32)C1. The predicted molar refractivity (Wildman–Crippen MR) is 114 cm³/mol. The molecule has 2 aliphatic rings. The van der Waals surface area contributed by atoms with Gasteiger partial charge in [-0.05, 0) is 66.1 Å². The van der Waals surface area contributed by atoms with E-state index in [1.807, 2.05) is 0 Å². The van der Waals surface area contributed by atoms with Gasteiger partial charge in [0.25, 0.3) is 0 Å². The Kier molecular flexibility index (Phi) is 5.03. The van der Waals surface area contributed by atoms with Gasteiger partial charge in [-0.15, -0.1) is 0 Å². The molecule has 0 unspecified atom stereocenters. The first-order valence-electron chi connectivity index (χ1n) is 10.4. The highest BCUT2D eigenvalue weighted by Crippen LogP contribution is 2.45. The minimum absolute atomic E-state index is 0.0422. The zero-order chi connectivity index (χ0) is 22.6. The number of amides is 1. The van der Waals surface area contributed by atoms with Crippen LogP contribution in [0.15, 0.2) is 36.4 Å². The van der Waals surface area contributed by atoms with Crippen LogP contribution in [0.1, 0.15) is 30.7 Å². The van der Waals surface area contributed by atoms with Crippen LogP contribution in [0, 0.1) is 23.4 Å². The van der Waals surface area contributed by atoms with E-state index in [4.69, 9.17) is 0 Å². The van der Waals surface area contributed by atoms with Gasteiger partial charge < -0.3 is 10.3 Å². The lowest BCUT2D eigenvalue weighted by Crippen LogP contribution is -2.46. The quantitative estimate of drug-likeness (QED) is 0.601. The molecule has 1 aliphatic carbocycles. The van der Waals surface area contributed by atoms with E-state index in [-0.39, 0.29) is 47.2 Å². The second kappa shape index (κ2) is 7.65. The van der Waals surface area contributed by atoms with E-state index in [0.717, 1.165) is 11.6 Å². The minimum Gasteiger partial charge on any atom is -0.353 e. The summed E-state index contributed by atoms with van der Waals surface area (Å²) in [5.41, 5.74) is 2.22. The van der Waals surface area contributed by atoms with Gasteiger partial charge in [-0.3, -0.25) is 4.79 Å². The Hall–Kier alpha value is -2.81. The first kappa shape index (κ1) is 21.1. The van der Waals surface area contributed by atoms with Crippen LogP contribution in [0.2, 0.25) is 0 Å². The van der Waals surface area contributed by atoms with E-state index in [1.54, 1.807) is 12.1 Å². The predicted octanol–water partition coefficient (Wildman–Crippen LogP) is 4.05. The van der Waals surface area contributed by atoms with Gasteiger partial charge in [0.15, 0.2) is 9.84 Å². The van der Waals surface area contributed by atoms with Crippen molar-refractivity contribution in [3.63, 3.8) is 0 Å². The highest BCUT2D eigenvalue weighted by atomic mass is 32.2. The molecule has 1 saturated heterocycles. The maximum Gasteiger partial charge on any atom is 0.220 e. The Morgan fingerprint density at radius 3 is 2.38 bits per heavy atom. The van der Waals surface area contributed by atoms with Gasteiger partial charge in [-0.1, -0.05) is 0 Å². The molecular weight excluding hydrogens is 441 g/mol. The number of H-pyrrole nitrogens is 1. The molecule has 2 heterocycles. The van der Waals surface area contributed by atoms with Crippen LogP contribution >= 0.6 is 0 Å². The molecule has 1 amide bonds. The number of aromatic amines is 1. The number of rotatable bonds is 5. The molecule has 5 nitrogen and oxygen atoms in total. The number of aromatic nitrogens is 1. The van der Waals surface area contributed by atoms with Crippen molar-refractivity contribution < 1.29 is 26.4 Å². The molecule has 0 spiro atoms. The Morgan fingerprint density at radius 1 is 1.03 bits per heavy atom. The second-order valence-electron chi connectivity index (χ2n) is 8.81. The normalized spacial score (nSPS) is 22.3. The van der Waals surface area contributed by atoms with E-state index in [2.05, 4.69) is 10.3 Å². The Morgan fingerprint density at radius 2 is 1.72 bits per heavy atom. The van der Waals surface area contributed by atoms with Crippen molar-refractivity contribution in [2.24, 2.45) is 5.92 Å². The highest BCUT2D eigenvalue weighted by molar-refractivity contribution is 7.92. The lowest BCUT2D eigenvalue weighted by atomic mass is 9.74. The van der Waals surface area contributed by atoms with Crippen LogP contribution in [-0.4, -0.2) is 36.9 Å². The summed E-state index contributed by atoms with van der Waals surface area (Å²) in [6.45, 7) is 0. The number of carbonyl (C=O) groups is 1. The fourth-order valence-electron chi connectivity index (χ4n) is 4.82. The summed E-state index contributed by atoms with van der Waals surface area (Å²) in [5, 5.41) is 3.37. The number of hydrogen-bond donors (Lipinski definition) is 2. The molecule has 2 N–H and O–H groups in total. The van der Waals surface area contributed by atoms with E-state index < -0.39 is 27.3 Å². The molecule has 5 rings (SSSR count). The van der Waals surface area contributed by atoms with Crippen molar-refractivity contribution in [3.05, 3.63) is 59.4 Å². The van der Waals surface area contributed by atoms with Crippen LogP contribution in [0.25, 0.3) is 22.2 Å². The minimum atomic E-state index is -2.96. The largest absolute Gasteiger partial charge is 0.353 e. The summed E-state index contributed by atoms with van der Waals surface area (Å²) < 4.78 is 64.3. The number of sulfone groups is 1. The van der Waals surface area contributed by atoms with E-state index in [1.165, 1.54) is 18.2 Å². The number of hydrogen-bond acceptors (Lipinski definition) is 3. The summed E-state index contributed by atoms with van der Waals surface area (Å²) >= 11 is 0. The highest BCUT2D eigenvalue weighted by Gasteiger charge is 2.38. The van der Waals surface area contributed by atoms with Crippen molar-refractivity contribution in [1.29, 1.82) is 0 Å². The molecule has 9 heteroatoms. The van der Waals surface area contributed by atoms with Crippen LogP contribution in [0.3, 0.4) is 0 Å². The maximum atomic E-state index is 14.4. The molecule has 1 saturated carbocycles. The standard InChI is InChI=1S/C23H21F3N2O3S/c24-15-3-1-13(2-4-15)22-21(18-8-16(25)9-19(26)23(18)28-22)14-6-17(7-14)27-20(29)5-12-10-32(30,31)11-12/h1-4,8-9,12,14,17,28H,5-7,10-11H2,(H,27,29)/t14-,17+. The van der Waals surface area contributed by atoms with Gasteiger partial charge in [0.05, 0.1) is 22.7 Å². The third-order valence-electron chi connectivity index (χ3n) is 6.36. The third-order valence-corrected chi connectivity index (χ3v) is 8.32. The average Bonchev–Trinajstić information content (AvgIpc) is 3.02. The summed E-state index contributed by atoms with van der Waals surface area (Å²) in [6, 6.07) is 7.82. The van der Waals surface area contributed by atoms with Crippen molar-refractivity contribution in [1.82, 2.24) is 10.3 Å². The fourth-order valence-corrected chi connectivity index (χ4v) is 6.39. The van der Waals surface area contributed by atoms with Gasteiger partial charge in [0, 0.05) is 23.9 Å². The van der Waals surface area contributed by atoms with Crippen molar-refractivity contribution >= 4 is 26.6 Å². The van der Waals surface area contributed by atoms with Crippen molar-refractivity contribution in [2.75, 3.05) is 11.5 Å². The Labute approximate surface area is 182 Å². The Balaban J connectivity index is 1.36. The molecule has 1 aliphatic heterocycles. The number of nitrogens with one attached hydrogen (secondary N) is 2. The molecule has 0 atom stereocenters. The zero-order valence-electron chi connectivity index (χ0n) is 17.0. The lowest BCUT2D eigenvalue weighted by molar-refractivity contribution is -0.123. The summed E-state index contributed by atoms with van der Waals surface area (Å²) in [7, 11) is -2.96. The van der Waals surface area contributed by atoms with Crippen LogP contribution in [0.4, 0.5) is 13.2 Å². The first-order chi connectivity index (χ1) is 15.2. The number of fused-ring (bicyclic) bond motifs is 1. The van der Waals surface area contributed by atoms with Crippen LogP contribution in [0.5, 0.6) is 0 Å². The molecule has 0 radical (unpaired) electrons. The van der Waals surface area contributed by atoms with Crippen LogP contribution < -0.4 is 5.32 Å². The van der Waals surface area contributed by atoms with Crippen molar-refractivity contribution in [3.8, 4) is 11.3 Å². The second-order valence-corrected chi connectivity index (χ2v) is 11.0.